The standard InChI is InChI=1S/C22H22BrFN4OS/c1-27(2)11-12-28-21(20(26-22(28)30)17-5-3-4-10-25-17)19-9-8-18(29-19)15-7-6-14(23)13-16(15)24/h3-10,13,20-21H,11-12H2,1-2H3,(H,26,30)/t20-,21-/m0/s1. The maximum Gasteiger partial charge on any atom is 0.170 e. The molecule has 0 saturated carbocycles. The third kappa shape index (κ3) is 4.26. The van der Waals surface area contributed by atoms with Crippen LogP contribution in [-0.4, -0.2) is 47.1 Å². The molecule has 30 heavy (non-hydrogen) atoms. The van der Waals surface area contributed by atoms with Gasteiger partial charge in [-0.2, -0.15) is 0 Å². The highest BCUT2D eigenvalue weighted by Gasteiger charge is 2.41. The van der Waals surface area contributed by atoms with Gasteiger partial charge in [0, 0.05) is 23.8 Å². The first-order valence-electron chi connectivity index (χ1n) is 9.62. The summed E-state index contributed by atoms with van der Waals surface area (Å²) in [6.45, 7) is 1.57. The zero-order chi connectivity index (χ0) is 21.3. The summed E-state index contributed by atoms with van der Waals surface area (Å²) in [6.07, 6.45) is 1.77. The summed E-state index contributed by atoms with van der Waals surface area (Å²) in [7, 11) is 4.05. The van der Waals surface area contributed by atoms with Crippen molar-refractivity contribution in [3.05, 3.63) is 76.5 Å². The van der Waals surface area contributed by atoms with Crippen LogP contribution >= 0.6 is 28.1 Å². The first kappa shape index (κ1) is 21.0. The van der Waals surface area contributed by atoms with Crippen molar-refractivity contribution >= 4 is 33.3 Å². The highest BCUT2D eigenvalue weighted by atomic mass is 79.9. The normalized spacial score (nSPS) is 18.8. The Balaban J connectivity index is 1.71. The van der Waals surface area contributed by atoms with Gasteiger partial charge in [0.1, 0.15) is 23.4 Å². The Hall–Kier alpha value is -2.29. The molecule has 0 unspecified atom stereocenters. The Bertz CT molecular complexity index is 1040. The number of hydrogen-bond acceptors (Lipinski definition) is 4. The minimum absolute atomic E-state index is 0.158. The molecule has 1 N–H and O–H groups in total. The number of hydrogen-bond donors (Lipinski definition) is 1. The van der Waals surface area contributed by atoms with Gasteiger partial charge in [-0.25, -0.2) is 4.39 Å². The van der Waals surface area contributed by atoms with Gasteiger partial charge in [-0.05, 0) is 68.8 Å². The van der Waals surface area contributed by atoms with Gasteiger partial charge >= 0.3 is 0 Å². The van der Waals surface area contributed by atoms with Crippen molar-refractivity contribution in [1.29, 1.82) is 0 Å². The number of benzene rings is 1. The van der Waals surface area contributed by atoms with E-state index < -0.39 is 0 Å². The number of thiocarbonyl (C=S) groups is 1. The predicted molar refractivity (Wildman–Crippen MR) is 123 cm³/mol. The quantitative estimate of drug-likeness (QED) is 0.503. The number of pyridine rings is 1. The largest absolute Gasteiger partial charge is 0.459 e. The maximum atomic E-state index is 14.5. The van der Waals surface area contributed by atoms with Crippen LogP contribution in [0.5, 0.6) is 0 Å². The monoisotopic (exact) mass is 488 g/mol. The fraction of sp³-hybridized carbons (Fsp3) is 0.273. The average molecular weight is 489 g/mol. The molecule has 1 aliphatic rings. The first-order valence-corrected chi connectivity index (χ1v) is 10.8. The highest BCUT2D eigenvalue weighted by Crippen LogP contribution is 2.40. The van der Waals surface area contributed by atoms with Gasteiger partial charge in [0.15, 0.2) is 5.11 Å². The summed E-state index contributed by atoms with van der Waals surface area (Å²) >= 11 is 8.94. The molecule has 4 rings (SSSR count). The Morgan fingerprint density at radius 1 is 1.23 bits per heavy atom. The van der Waals surface area contributed by atoms with Crippen LogP contribution in [0.2, 0.25) is 0 Å². The van der Waals surface area contributed by atoms with Gasteiger partial charge < -0.3 is 19.5 Å². The number of rotatable bonds is 6. The van der Waals surface area contributed by atoms with E-state index in [-0.39, 0.29) is 17.9 Å². The van der Waals surface area contributed by atoms with Gasteiger partial charge in [0.05, 0.1) is 17.3 Å². The number of aromatic nitrogens is 1. The molecule has 0 bridgehead atoms. The minimum atomic E-state index is -0.337. The summed E-state index contributed by atoms with van der Waals surface area (Å²) < 4.78 is 21.3. The maximum absolute atomic E-state index is 14.5. The van der Waals surface area contributed by atoms with Crippen molar-refractivity contribution < 1.29 is 8.81 Å². The van der Waals surface area contributed by atoms with Gasteiger partial charge in [-0.15, -0.1) is 0 Å². The summed E-state index contributed by atoms with van der Waals surface area (Å²) in [6, 6.07) is 14.1. The SMILES string of the molecule is CN(C)CCN1C(=S)N[C@@H](c2ccccn2)[C@@H]1c1ccc(-c2ccc(Br)cc2F)o1. The zero-order valence-corrected chi connectivity index (χ0v) is 19.1. The van der Waals surface area contributed by atoms with E-state index in [1.807, 2.05) is 44.4 Å². The van der Waals surface area contributed by atoms with Crippen LogP contribution in [0.3, 0.4) is 0 Å². The van der Waals surface area contributed by atoms with Crippen LogP contribution in [0.15, 0.2) is 63.6 Å². The van der Waals surface area contributed by atoms with E-state index in [9.17, 15) is 4.39 Å². The van der Waals surface area contributed by atoms with E-state index in [0.717, 1.165) is 18.8 Å². The van der Waals surface area contributed by atoms with Crippen molar-refractivity contribution in [2.75, 3.05) is 27.2 Å². The smallest absolute Gasteiger partial charge is 0.170 e. The second-order valence-corrected chi connectivity index (χ2v) is 8.75. The lowest BCUT2D eigenvalue weighted by atomic mass is 10.0. The number of furan rings is 1. The average Bonchev–Trinajstić information content (AvgIpc) is 3.31. The number of nitrogens with one attached hydrogen (secondary N) is 1. The fourth-order valence-corrected chi connectivity index (χ4v) is 4.27. The second kappa shape index (κ2) is 8.83. The summed E-state index contributed by atoms with van der Waals surface area (Å²) in [5.41, 5.74) is 1.30. The van der Waals surface area contributed by atoms with E-state index in [1.165, 1.54) is 6.07 Å². The van der Waals surface area contributed by atoms with Gasteiger partial charge in [-0.1, -0.05) is 22.0 Å². The lowest BCUT2D eigenvalue weighted by Crippen LogP contribution is -2.35. The molecular weight excluding hydrogens is 467 g/mol. The molecule has 0 aliphatic carbocycles. The van der Waals surface area contributed by atoms with E-state index in [2.05, 4.69) is 36.0 Å². The lowest BCUT2D eigenvalue weighted by Gasteiger charge is -2.27. The van der Waals surface area contributed by atoms with Crippen LogP contribution in [0, 0.1) is 5.82 Å². The van der Waals surface area contributed by atoms with Crippen LogP contribution in [-0.2, 0) is 0 Å². The van der Waals surface area contributed by atoms with Crippen LogP contribution in [0.4, 0.5) is 4.39 Å². The molecule has 5 nitrogen and oxygen atoms in total. The Kier molecular flexibility index (Phi) is 6.17. The molecule has 3 aromatic rings. The molecule has 2 atom stereocenters. The van der Waals surface area contributed by atoms with Crippen molar-refractivity contribution in [3.63, 3.8) is 0 Å². The Morgan fingerprint density at radius 2 is 2.07 bits per heavy atom. The summed E-state index contributed by atoms with van der Waals surface area (Å²) in [4.78, 5) is 8.75. The van der Waals surface area contributed by atoms with E-state index in [1.54, 1.807) is 18.3 Å². The van der Waals surface area contributed by atoms with Crippen LogP contribution < -0.4 is 5.32 Å². The highest BCUT2D eigenvalue weighted by molar-refractivity contribution is 9.10. The summed E-state index contributed by atoms with van der Waals surface area (Å²) in [5, 5.41) is 4.05. The molecule has 1 aromatic carbocycles. The summed E-state index contributed by atoms with van der Waals surface area (Å²) in [5.74, 6) is 0.866. The fourth-order valence-electron chi connectivity index (χ4n) is 3.61. The predicted octanol–water partition coefficient (Wildman–Crippen LogP) is 4.78. The van der Waals surface area contributed by atoms with Gasteiger partial charge in [-0.3, -0.25) is 4.98 Å². The molecule has 3 heterocycles. The third-order valence-corrected chi connectivity index (χ3v) is 5.95. The van der Waals surface area contributed by atoms with Crippen LogP contribution in [0.25, 0.3) is 11.3 Å². The van der Waals surface area contributed by atoms with Crippen molar-refractivity contribution in [2.24, 2.45) is 0 Å². The van der Waals surface area contributed by atoms with E-state index in [4.69, 9.17) is 16.6 Å². The van der Waals surface area contributed by atoms with Crippen molar-refractivity contribution in [3.8, 4) is 11.3 Å². The number of likely N-dealkylation sites (N-methyl/N-ethyl adjacent to an activating group) is 1. The first-order chi connectivity index (χ1) is 14.4. The lowest BCUT2D eigenvalue weighted by molar-refractivity contribution is 0.250. The Morgan fingerprint density at radius 3 is 2.77 bits per heavy atom. The van der Waals surface area contributed by atoms with Crippen LogP contribution in [0.1, 0.15) is 23.5 Å². The number of nitrogens with zero attached hydrogens (tertiary/aromatic N) is 3. The molecular formula is C22H22BrFN4OS. The molecule has 8 heteroatoms. The molecule has 156 valence electrons. The third-order valence-electron chi connectivity index (χ3n) is 5.10. The number of halogens is 2. The molecule has 0 spiro atoms. The van der Waals surface area contributed by atoms with E-state index >= 15 is 0 Å². The minimum Gasteiger partial charge on any atom is -0.459 e. The molecule has 1 saturated heterocycles. The second-order valence-electron chi connectivity index (χ2n) is 7.45. The molecule has 2 aromatic heterocycles. The van der Waals surface area contributed by atoms with Crippen molar-refractivity contribution in [2.45, 2.75) is 12.1 Å². The molecule has 0 amide bonds. The molecule has 0 radical (unpaired) electrons. The van der Waals surface area contributed by atoms with Crippen molar-refractivity contribution in [1.82, 2.24) is 20.1 Å². The molecule has 1 fully saturated rings. The van der Waals surface area contributed by atoms with E-state index in [0.29, 0.717) is 26.7 Å². The molecule has 1 aliphatic heterocycles. The van der Waals surface area contributed by atoms with Gasteiger partial charge in [0.25, 0.3) is 0 Å². The topological polar surface area (TPSA) is 44.5 Å². The van der Waals surface area contributed by atoms with Gasteiger partial charge in [0.2, 0.25) is 0 Å². The Labute approximate surface area is 189 Å². The zero-order valence-electron chi connectivity index (χ0n) is 16.7.